The molecule has 0 fully saturated rings. The zero-order valence-corrected chi connectivity index (χ0v) is 8.57. The van der Waals surface area contributed by atoms with Gasteiger partial charge < -0.3 is 20.6 Å². The van der Waals surface area contributed by atoms with E-state index in [0.717, 1.165) is 0 Å². The van der Waals surface area contributed by atoms with E-state index in [2.05, 4.69) is 15.6 Å². The summed E-state index contributed by atoms with van der Waals surface area (Å²) in [7, 11) is 0. The summed E-state index contributed by atoms with van der Waals surface area (Å²) in [6.07, 6.45) is 1.32. The van der Waals surface area contributed by atoms with Crippen LogP contribution in [0.15, 0.2) is 6.20 Å². The normalized spacial score (nSPS) is 10.9. The van der Waals surface area contributed by atoms with Crippen molar-refractivity contribution < 1.29 is 20.1 Å². The third kappa shape index (κ3) is 3.57. The van der Waals surface area contributed by atoms with Crippen molar-refractivity contribution in [2.75, 3.05) is 19.8 Å². The van der Waals surface area contributed by atoms with Gasteiger partial charge in [-0.1, -0.05) is 5.21 Å². The van der Waals surface area contributed by atoms with E-state index in [-0.39, 0.29) is 24.9 Å². The highest BCUT2D eigenvalue weighted by atomic mass is 16.4. The molecule has 0 spiro atoms. The fourth-order valence-corrected chi connectivity index (χ4v) is 1.08. The molecule has 4 N–H and O–H groups in total. The quantitative estimate of drug-likeness (QED) is 0.424. The van der Waals surface area contributed by atoms with Crippen molar-refractivity contribution in [2.24, 2.45) is 0 Å². The minimum atomic E-state index is -1.12. The third-order valence-electron chi connectivity index (χ3n) is 1.97. The average molecular weight is 230 g/mol. The number of rotatable bonds is 7. The molecule has 8 heteroatoms. The van der Waals surface area contributed by atoms with Crippen LogP contribution in [-0.4, -0.2) is 62.1 Å². The summed E-state index contributed by atoms with van der Waals surface area (Å²) in [6.45, 7) is 0.549. The van der Waals surface area contributed by atoms with Crippen LogP contribution in [-0.2, 0) is 6.54 Å². The average Bonchev–Trinajstić information content (AvgIpc) is 2.73. The minimum absolute atomic E-state index is 0.110. The highest BCUT2D eigenvalue weighted by molar-refractivity contribution is 5.84. The molecule has 0 aromatic carbocycles. The summed E-state index contributed by atoms with van der Waals surface area (Å²) in [4.78, 5) is 10.5. The standard InChI is InChI=1S/C8H14N4O4/c13-4-6(5-14)9-1-2-12-3-7(8(15)16)10-11-12/h3,6,9,13-14H,1-2,4-5H2,(H,15,16). The fraction of sp³-hybridized carbons (Fsp3) is 0.625. The summed E-state index contributed by atoms with van der Waals surface area (Å²) in [6, 6.07) is -0.373. The van der Waals surface area contributed by atoms with Crippen molar-refractivity contribution in [1.82, 2.24) is 20.3 Å². The number of hydrogen-bond acceptors (Lipinski definition) is 6. The maximum Gasteiger partial charge on any atom is 0.358 e. The van der Waals surface area contributed by atoms with Gasteiger partial charge in [-0.15, -0.1) is 5.10 Å². The molecular formula is C8H14N4O4. The Hall–Kier alpha value is -1.51. The number of hydrogen-bond donors (Lipinski definition) is 4. The van der Waals surface area contributed by atoms with Gasteiger partial charge in [-0.25, -0.2) is 4.79 Å². The lowest BCUT2D eigenvalue weighted by molar-refractivity contribution is 0.0690. The van der Waals surface area contributed by atoms with Gasteiger partial charge >= 0.3 is 5.97 Å². The third-order valence-corrected chi connectivity index (χ3v) is 1.97. The molecule has 0 aliphatic heterocycles. The topological polar surface area (TPSA) is 120 Å². The first-order chi connectivity index (χ1) is 7.67. The van der Waals surface area contributed by atoms with Crippen molar-refractivity contribution in [3.63, 3.8) is 0 Å². The Morgan fingerprint density at radius 1 is 1.50 bits per heavy atom. The van der Waals surface area contributed by atoms with Crippen LogP contribution in [0.25, 0.3) is 0 Å². The second kappa shape index (κ2) is 6.16. The van der Waals surface area contributed by atoms with Gasteiger partial charge in [-0.3, -0.25) is 4.68 Å². The van der Waals surface area contributed by atoms with E-state index in [1.807, 2.05) is 0 Å². The molecule has 0 saturated carbocycles. The van der Waals surface area contributed by atoms with Crippen LogP contribution in [0, 0.1) is 0 Å². The Labute approximate surface area is 91.5 Å². The maximum absolute atomic E-state index is 10.5. The highest BCUT2D eigenvalue weighted by Gasteiger charge is 2.08. The Bertz CT molecular complexity index is 337. The van der Waals surface area contributed by atoms with Crippen LogP contribution in [0.3, 0.4) is 0 Å². The van der Waals surface area contributed by atoms with Gasteiger partial charge in [0.25, 0.3) is 0 Å². The Kier molecular flexibility index (Phi) is 4.83. The number of aromatic nitrogens is 3. The largest absolute Gasteiger partial charge is 0.476 e. The van der Waals surface area contributed by atoms with Crippen LogP contribution in [0.4, 0.5) is 0 Å². The minimum Gasteiger partial charge on any atom is -0.476 e. The molecule has 16 heavy (non-hydrogen) atoms. The molecule has 0 amide bonds. The number of carbonyl (C=O) groups is 1. The monoisotopic (exact) mass is 230 g/mol. The van der Waals surface area contributed by atoms with Crippen LogP contribution >= 0.6 is 0 Å². The number of aromatic carboxylic acids is 1. The number of nitrogens with zero attached hydrogens (tertiary/aromatic N) is 3. The van der Waals surface area contributed by atoms with Crippen LogP contribution in [0.2, 0.25) is 0 Å². The molecule has 1 aromatic heterocycles. The summed E-state index contributed by atoms with van der Waals surface area (Å²) in [5, 5.41) is 36.0. The Morgan fingerprint density at radius 3 is 2.69 bits per heavy atom. The van der Waals surface area contributed by atoms with Crippen molar-refractivity contribution in [3.05, 3.63) is 11.9 Å². The second-order valence-electron chi connectivity index (χ2n) is 3.19. The molecule has 8 nitrogen and oxygen atoms in total. The van der Waals surface area contributed by atoms with E-state index in [1.165, 1.54) is 10.9 Å². The lowest BCUT2D eigenvalue weighted by Crippen LogP contribution is -2.37. The Balaban J connectivity index is 2.34. The molecular weight excluding hydrogens is 216 g/mol. The van der Waals surface area contributed by atoms with Gasteiger partial charge in [-0.05, 0) is 0 Å². The summed E-state index contributed by atoms with van der Waals surface area (Å²) < 4.78 is 1.38. The van der Waals surface area contributed by atoms with Crippen molar-refractivity contribution >= 4 is 5.97 Å². The maximum atomic E-state index is 10.5. The van der Waals surface area contributed by atoms with Crippen LogP contribution in [0.1, 0.15) is 10.5 Å². The molecule has 0 unspecified atom stereocenters. The van der Waals surface area contributed by atoms with Gasteiger partial charge in [0.2, 0.25) is 0 Å². The summed E-state index contributed by atoms with van der Waals surface area (Å²) >= 11 is 0. The van der Waals surface area contributed by atoms with E-state index >= 15 is 0 Å². The Morgan fingerprint density at radius 2 is 2.19 bits per heavy atom. The predicted molar refractivity (Wildman–Crippen MR) is 52.9 cm³/mol. The first-order valence-corrected chi connectivity index (χ1v) is 4.76. The van der Waals surface area contributed by atoms with E-state index in [1.54, 1.807) is 0 Å². The zero-order chi connectivity index (χ0) is 12.0. The molecule has 1 rings (SSSR count). The number of carboxylic acids is 1. The zero-order valence-electron chi connectivity index (χ0n) is 8.57. The van der Waals surface area contributed by atoms with Gasteiger partial charge in [-0.2, -0.15) is 0 Å². The number of carboxylic acid groups (broad SMARTS) is 1. The first kappa shape index (κ1) is 12.6. The molecule has 0 aliphatic rings. The van der Waals surface area contributed by atoms with Gasteiger partial charge in [0.1, 0.15) is 0 Å². The molecule has 1 heterocycles. The lowest BCUT2D eigenvalue weighted by Gasteiger charge is -2.12. The van der Waals surface area contributed by atoms with Gasteiger partial charge in [0.05, 0.1) is 32.0 Å². The second-order valence-corrected chi connectivity index (χ2v) is 3.19. The number of nitrogens with one attached hydrogen (secondary N) is 1. The van der Waals surface area contributed by atoms with Crippen molar-refractivity contribution in [2.45, 2.75) is 12.6 Å². The number of aliphatic hydroxyl groups is 2. The van der Waals surface area contributed by atoms with Crippen LogP contribution in [0.5, 0.6) is 0 Å². The molecule has 0 aliphatic carbocycles. The van der Waals surface area contributed by atoms with E-state index < -0.39 is 5.97 Å². The van der Waals surface area contributed by atoms with Crippen molar-refractivity contribution in [3.8, 4) is 0 Å². The fourth-order valence-electron chi connectivity index (χ4n) is 1.08. The first-order valence-electron chi connectivity index (χ1n) is 4.76. The van der Waals surface area contributed by atoms with Crippen molar-refractivity contribution in [1.29, 1.82) is 0 Å². The molecule has 1 aromatic rings. The smallest absolute Gasteiger partial charge is 0.358 e. The predicted octanol–water partition coefficient (Wildman–Crippen LogP) is -2.08. The van der Waals surface area contributed by atoms with E-state index in [9.17, 15) is 4.79 Å². The number of aliphatic hydroxyl groups excluding tert-OH is 2. The van der Waals surface area contributed by atoms with E-state index in [0.29, 0.717) is 13.1 Å². The molecule has 90 valence electrons. The summed E-state index contributed by atoms with van der Waals surface area (Å²) in [5.41, 5.74) is -0.110. The van der Waals surface area contributed by atoms with E-state index in [4.69, 9.17) is 15.3 Å². The summed E-state index contributed by atoms with van der Waals surface area (Å²) in [5.74, 6) is -1.12. The molecule has 0 radical (unpaired) electrons. The molecule has 0 saturated heterocycles. The van der Waals surface area contributed by atoms with Gasteiger partial charge in [0, 0.05) is 6.54 Å². The van der Waals surface area contributed by atoms with Crippen LogP contribution < -0.4 is 5.32 Å². The highest BCUT2D eigenvalue weighted by Crippen LogP contribution is 1.92. The van der Waals surface area contributed by atoms with Gasteiger partial charge in [0.15, 0.2) is 5.69 Å². The molecule has 0 bridgehead atoms. The SMILES string of the molecule is O=C(O)c1cn(CCNC(CO)CO)nn1. The lowest BCUT2D eigenvalue weighted by atomic mass is 10.3. The molecule has 0 atom stereocenters.